The molecule has 2 heterocycles. The van der Waals surface area contributed by atoms with Gasteiger partial charge in [0.15, 0.2) is 0 Å². The van der Waals surface area contributed by atoms with Crippen LogP contribution in [0.4, 0.5) is 0 Å². The monoisotopic (exact) mass is 460 g/mol. The topological polar surface area (TPSA) is 74.4 Å². The fourth-order valence-electron chi connectivity index (χ4n) is 2.72. The average Bonchev–Trinajstić information content (AvgIpc) is 3.15. The Morgan fingerprint density at radius 3 is 2.71 bits per heavy atom. The van der Waals surface area contributed by atoms with Crippen molar-refractivity contribution in [3.05, 3.63) is 62.9 Å². The van der Waals surface area contributed by atoms with Gasteiger partial charge in [0, 0.05) is 23.2 Å². The fourth-order valence-corrected chi connectivity index (χ4v) is 3.66. The molecule has 0 aliphatic carbocycles. The van der Waals surface area contributed by atoms with Gasteiger partial charge in [-0.3, -0.25) is 9.78 Å². The first-order valence-corrected chi connectivity index (χ1v) is 10.6. The van der Waals surface area contributed by atoms with Crippen molar-refractivity contribution in [3.8, 4) is 22.8 Å². The molecule has 7 heteroatoms. The van der Waals surface area contributed by atoms with E-state index in [9.17, 15) is 4.79 Å². The molecule has 3 rings (SSSR count). The highest BCUT2D eigenvalue weighted by Crippen LogP contribution is 2.37. The molecule has 0 spiro atoms. The number of thiophene rings is 1. The molecule has 2 aromatic heterocycles. The molecule has 5 nitrogen and oxygen atoms in total. The number of nitrogens with zero attached hydrogens (tertiary/aromatic N) is 1. The van der Waals surface area contributed by atoms with Gasteiger partial charge in [-0.05, 0) is 70.4 Å². The number of ether oxygens (including phenoxy) is 2. The summed E-state index contributed by atoms with van der Waals surface area (Å²) in [5.41, 5.74) is 8.38. The van der Waals surface area contributed by atoms with Crippen molar-refractivity contribution in [2.75, 3.05) is 6.61 Å². The first kappa shape index (κ1) is 20.4. The van der Waals surface area contributed by atoms with Gasteiger partial charge in [0.05, 0.1) is 29.5 Å². The molecule has 0 aliphatic heterocycles. The molecule has 28 heavy (non-hydrogen) atoms. The molecule has 146 valence electrons. The largest absolute Gasteiger partial charge is 0.493 e. The van der Waals surface area contributed by atoms with Crippen molar-refractivity contribution in [1.29, 1.82) is 0 Å². The summed E-state index contributed by atoms with van der Waals surface area (Å²) in [5.74, 6) is 0.504. The molecule has 0 unspecified atom stereocenters. The number of halogens is 1. The van der Waals surface area contributed by atoms with Crippen molar-refractivity contribution in [1.82, 2.24) is 4.98 Å². The first-order chi connectivity index (χ1) is 13.4. The van der Waals surface area contributed by atoms with Gasteiger partial charge < -0.3 is 15.2 Å². The number of carbonyl (C=O) groups excluding carboxylic acids is 1. The van der Waals surface area contributed by atoms with Crippen LogP contribution in [0.2, 0.25) is 0 Å². The van der Waals surface area contributed by atoms with E-state index in [1.807, 2.05) is 31.4 Å². The zero-order valence-electron chi connectivity index (χ0n) is 15.6. The van der Waals surface area contributed by atoms with Crippen LogP contribution in [-0.4, -0.2) is 23.6 Å². The predicted octanol–water partition coefficient (Wildman–Crippen LogP) is 5.08. The van der Waals surface area contributed by atoms with Crippen molar-refractivity contribution in [2.24, 2.45) is 5.73 Å². The molecule has 0 saturated heterocycles. The standard InChI is InChI=1S/C21H21BrN2O3S/c1-13(2)27-19-10-16(26-7-5-14-6-8-28-12-14)9-17(21(23)25)20(19)18-4-3-15(22)11-24-18/h3-4,6,8-13H,5,7H2,1-2H3,(H2,23,25). The third-order valence-electron chi connectivity index (χ3n) is 3.93. The Morgan fingerprint density at radius 1 is 1.29 bits per heavy atom. The van der Waals surface area contributed by atoms with Gasteiger partial charge in [-0.2, -0.15) is 11.3 Å². The number of carbonyl (C=O) groups is 1. The van der Waals surface area contributed by atoms with Crippen LogP contribution in [0.25, 0.3) is 11.3 Å². The van der Waals surface area contributed by atoms with Gasteiger partial charge in [0.1, 0.15) is 11.5 Å². The molecule has 0 aliphatic rings. The van der Waals surface area contributed by atoms with Gasteiger partial charge in [0.2, 0.25) is 5.91 Å². The lowest BCUT2D eigenvalue weighted by molar-refractivity contribution is 0.0999. The zero-order valence-corrected chi connectivity index (χ0v) is 18.0. The van der Waals surface area contributed by atoms with E-state index in [1.165, 1.54) is 5.56 Å². The molecular weight excluding hydrogens is 440 g/mol. The third-order valence-corrected chi connectivity index (χ3v) is 5.13. The maximum Gasteiger partial charge on any atom is 0.249 e. The Balaban J connectivity index is 1.97. The first-order valence-electron chi connectivity index (χ1n) is 8.84. The van der Waals surface area contributed by atoms with Gasteiger partial charge in [0.25, 0.3) is 0 Å². The Labute approximate surface area is 176 Å². The summed E-state index contributed by atoms with van der Waals surface area (Å²) in [7, 11) is 0. The fraction of sp³-hybridized carbons (Fsp3) is 0.238. The minimum Gasteiger partial charge on any atom is -0.493 e. The van der Waals surface area contributed by atoms with Crippen LogP contribution in [0.3, 0.4) is 0 Å². The molecule has 0 atom stereocenters. The number of primary amides is 1. The zero-order chi connectivity index (χ0) is 20.1. The molecule has 0 radical (unpaired) electrons. The highest BCUT2D eigenvalue weighted by Gasteiger charge is 2.20. The normalized spacial score (nSPS) is 10.9. The number of hydrogen-bond donors (Lipinski definition) is 1. The van der Waals surface area contributed by atoms with Crippen LogP contribution < -0.4 is 15.2 Å². The quantitative estimate of drug-likeness (QED) is 0.508. The summed E-state index contributed by atoms with van der Waals surface area (Å²) in [6, 6.07) is 9.19. The summed E-state index contributed by atoms with van der Waals surface area (Å²) < 4.78 is 12.7. The summed E-state index contributed by atoms with van der Waals surface area (Å²) >= 11 is 5.03. The summed E-state index contributed by atoms with van der Waals surface area (Å²) in [4.78, 5) is 16.6. The van der Waals surface area contributed by atoms with E-state index >= 15 is 0 Å². The van der Waals surface area contributed by atoms with Crippen LogP contribution >= 0.6 is 27.3 Å². The van der Waals surface area contributed by atoms with E-state index in [0.29, 0.717) is 34.9 Å². The maximum atomic E-state index is 12.2. The molecule has 2 N–H and O–H groups in total. The molecule has 1 amide bonds. The number of benzene rings is 1. The molecule has 0 fully saturated rings. The number of aromatic nitrogens is 1. The van der Waals surface area contributed by atoms with Gasteiger partial charge >= 0.3 is 0 Å². The second-order valence-corrected chi connectivity index (χ2v) is 8.16. The van der Waals surface area contributed by atoms with Crippen molar-refractivity contribution >= 4 is 33.2 Å². The van der Waals surface area contributed by atoms with Crippen LogP contribution in [0.1, 0.15) is 29.8 Å². The van der Waals surface area contributed by atoms with E-state index in [2.05, 4.69) is 32.4 Å². The maximum absolute atomic E-state index is 12.2. The van der Waals surface area contributed by atoms with Crippen molar-refractivity contribution < 1.29 is 14.3 Å². The number of nitrogens with two attached hydrogens (primary N) is 1. The Morgan fingerprint density at radius 2 is 2.11 bits per heavy atom. The highest BCUT2D eigenvalue weighted by atomic mass is 79.9. The van der Waals surface area contributed by atoms with Gasteiger partial charge in [-0.25, -0.2) is 0 Å². The van der Waals surface area contributed by atoms with Crippen LogP contribution in [-0.2, 0) is 6.42 Å². The third kappa shape index (κ3) is 5.11. The van der Waals surface area contributed by atoms with E-state index in [1.54, 1.807) is 29.7 Å². The minimum absolute atomic E-state index is 0.0871. The predicted molar refractivity (Wildman–Crippen MR) is 115 cm³/mol. The molecule has 3 aromatic rings. The number of pyridine rings is 1. The van der Waals surface area contributed by atoms with E-state index in [0.717, 1.165) is 10.9 Å². The number of amides is 1. The summed E-state index contributed by atoms with van der Waals surface area (Å²) in [5, 5.41) is 4.13. The van der Waals surface area contributed by atoms with E-state index in [-0.39, 0.29) is 6.10 Å². The molecule has 1 aromatic carbocycles. The Hall–Kier alpha value is -2.38. The minimum atomic E-state index is -0.559. The lowest BCUT2D eigenvalue weighted by Gasteiger charge is -2.18. The molecular formula is C21H21BrN2O3S. The second kappa shape index (κ2) is 9.21. The van der Waals surface area contributed by atoms with Crippen LogP contribution in [0, 0.1) is 0 Å². The Bertz CT molecular complexity index is 941. The average molecular weight is 461 g/mol. The lowest BCUT2D eigenvalue weighted by Crippen LogP contribution is -2.15. The molecule has 0 saturated carbocycles. The lowest BCUT2D eigenvalue weighted by atomic mass is 10.0. The number of hydrogen-bond acceptors (Lipinski definition) is 5. The summed E-state index contributed by atoms with van der Waals surface area (Å²) in [6.07, 6.45) is 2.37. The van der Waals surface area contributed by atoms with E-state index < -0.39 is 5.91 Å². The SMILES string of the molecule is CC(C)Oc1cc(OCCc2ccsc2)cc(C(N)=O)c1-c1ccc(Br)cn1. The van der Waals surface area contributed by atoms with E-state index in [4.69, 9.17) is 15.2 Å². The molecule has 0 bridgehead atoms. The van der Waals surface area contributed by atoms with Gasteiger partial charge in [-0.1, -0.05) is 0 Å². The van der Waals surface area contributed by atoms with Crippen molar-refractivity contribution in [3.63, 3.8) is 0 Å². The number of rotatable bonds is 8. The van der Waals surface area contributed by atoms with Crippen molar-refractivity contribution in [2.45, 2.75) is 26.4 Å². The summed E-state index contributed by atoms with van der Waals surface area (Å²) in [6.45, 7) is 4.34. The van der Waals surface area contributed by atoms with Gasteiger partial charge in [-0.15, -0.1) is 0 Å². The smallest absolute Gasteiger partial charge is 0.249 e. The van der Waals surface area contributed by atoms with Crippen LogP contribution in [0.5, 0.6) is 11.5 Å². The second-order valence-electron chi connectivity index (χ2n) is 6.47. The Kier molecular flexibility index (Phi) is 6.70. The van der Waals surface area contributed by atoms with Crippen LogP contribution in [0.15, 0.2) is 51.8 Å². The highest BCUT2D eigenvalue weighted by molar-refractivity contribution is 9.10.